The van der Waals surface area contributed by atoms with E-state index in [-0.39, 0.29) is 13.0 Å². The summed E-state index contributed by atoms with van der Waals surface area (Å²) in [7, 11) is -3.27. The van der Waals surface area contributed by atoms with Crippen molar-refractivity contribution in [2.24, 2.45) is 0 Å². The zero-order chi connectivity index (χ0) is 15.1. The minimum atomic E-state index is -4.73. The monoisotopic (exact) mass is 321 g/mol. The molecule has 0 bridgehead atoms. The van der Waals surface area contributed by atoms with Crippen molar-refractivity contribution >= 4 is 33.4 Å². The number of anilines is 1. The molecule has 20 heavy (non-hydrogen) atoms. The molecule has 2 rings (SSSR count). The molecule has 1 saturated heterocycles. The highest BCUT2D eigenvalue weighted by Gasteiger charge is 2.39. The number of hydrogen-bond donors (Lipinski definition) is 0. The first kappa shape index (κ1) is 15.1. The van der Waals surface area contributed by atoms with Gasteiger partial charge in [-0.3, -0.25) is 4.79 Å². The number of benzene rings is 1. The summed E-state index contributed by atoms with van der Waals surface area (Å²) in [6, 6.07) is 3.16. The predicted octanol–water partition coefficient (Wildman–Crippen LogP) is 2.06. The molecule has 1 aliphatic rings. The summed E-state index contributed by atoms with van der Waals surface area (Å²) < 4.78 is 39.9. The molecular weight excluding hydrogens is 309 g/mol. The van der Waals surface area contributed by atoms with Crippen LogP contribution >= 0.6 is 11.6 Å². The van der Waals surface area contributed by atoms with E-state index in [9.17, 15) is 17.1 Å². The molecular formula is C12H13ClFNO4S. The zero-order valence-corrected chi connectivity index (χ0v) is 12.5. The van der Waals surface area contributed by atoms with E-state index in [1.165, 1.54) is 18.1 Å². The summed E-state index contributed by atoms with van der Waals surface area (Å²) in [5.74, 6) is 0.00906. The number of hydrogen-bond acceptors (Lipinski definition) is 4. The lowest BCUT2D eigenvalue weighted by molar-refractivity contribution is -0.117. The van der Waals surface area contributed by atoms with Crippen molar-refractivity contribution in [2.75, 3.05) is 18.6 Å². The number of amides is 1. The van der Waals surface area contributed by atoms with E-state index in [4.69, 9.17) is 16.3 Å². The number of rotatable bonds is 3. The molecule has 5 nitrogen and oxygen atoms in total. The second-order valence-corrected chi connectivity index (χ2v) is 6.60. The number of aryl methyl sites for hydroxylation is 1. The average molecular weight is 322 g/mol. The van der Waals surface area contributed by atoms with Crippen molar-refractivity contribution < 1.29 is 21.8 Å². The maximum absolute atomic E-state index is 13.0. The minimum absolute atomic E-state index is 0.207. The van der Waals surface area contributed by atoms with Crippen molar-refractivity contribution in [3.63, 3.8) is 0 Å². The molecule has 8 heteroatoms. The number of carbonyl (C=O) groups is 1. The van der Waals surface area contributed by atoms with Gasteiger partial charge in [0.05, 0.1) is 12.1 Å². The summed E-state index contributed by atoms with van der Waals surface area (Å²) in [4.78, 5) is 13.1. The van der Waals surface area contributed by atoms with Crippen LogP contribution in [0, 0.1) is 6.92 Å². The maximum atomic E-state index is 13.0. The molecule has 0 aromatic heterocycles. The van der Waals surface area contributed by atoms with Crippen molar-refractivity contribution in [3.8, 4) is 5.75 Å². The Kier molecular flexibility index (Phi) is 3.93. The van der Waals surface area contributed by atoms with Crippen LogP contribution < -0.4 is 9.64 Å². The third kappa shape index (κ3) is 2.73. The average Bonchev–Trinajstić information content (AvgIpc) is 2.73. The van der Waals surface area contributed by atoms with Crippen molar-refractivity contribution in [1.82, 2.24) is 0 Å². The summed E-state index contributed by atoms with van der Waals surface area (Å²) in [5.41, 5.74) is 1.16. The van der Waals surface area contributed by atoms with Gasteiger partial charge in [0, 0.05) is 18.7 Å². The SMILES string of the molecule is COc1cc(C)c(N2CC(S(=O)(=O)F)CC2=O)cc1Cl. The Morgan fingerprint density at radius 1 is 1.45 bits per heavy atom. The zero-order valence-electron chi connectivity index (χ0n) is 10.9. The molecule has 1 aromatic rings. The smallest absolute Gasteiger partial charge is 0.307 e. The first-order valence-electron chi connectivity index (χ1n) is 5.82. The molecule has 0 N–H and O–H groups in total. The van der Waals surface area contributed by atoms with Crippen LogP contribution in [-0.4, -0.2) is 33.2 Å². The van der Waals surface area contributed by atoms with E-state index in [0.717, 1.165) is 0 Å². The fraction of sp³-hybridized carbons (Fsp3) is 0.417. The molecule has 1 amide bonds. The van der Waals surface area contributed by atoms with E-state index in [0.29, 0.717) is 22.0 Å². The van der Waals surface area contributed by atoms with E-state index in [1.807, 2.05) is 0 Å². The highest BCUT2D eigenvalue weighted by Crippen LogP contribution is 2.35. The van der Waals surface area contributed by atoms with Crippen LogP contribution in [0.3, 0.4) is 0 Å². The number of carbonyl (C=O) groups excluding carboxylic acids is 1. The Balaban J connectivity index is 2.38. The Labute approximate surface area is 121 Å². The molecule has 1 unspecified atom stereocenters. The fourth-order valence-corrected chi connectivity index (χ4v) is 3.09. The Bertz CT molecular complexity index is 662. The van der Waals surface area contributed by atoms with Gasteiger partial charge < -0.3 is 9.64 Å². The van der Waals surface area contributed by atoms with Gasteiger partial charge in [0.15, 0.2) is 0 Å². The molecule has 0 radical (unpaired) electrons. The lowest BCUT2D eigenvalue weighted by atomic mass is 10.1. The van der Waals surface area contributed by atoms with Crippen LogP contribution in [0.1, 0.15) is 12.0 Å². The van der Waals surface area contributed by atoms with E-state index in [2.05, 4.69) is 0 Å². The highest BCUT2D eigenvalue weighted by atomic mass is 35.5. The molecule has 1 atom stereocenters. The Morgan fingerprint density at radius 3 is 2.60 bits per heavy atom. The van der Waals surface area contributed by atoms with Gasteiger partial charge in [-0.1, -0.05) is 11.6 Å². The van der Waals surface area contributed by atoms with Crippen LogP contribution in [0.5, 0.6) is 5.75 Å². The number of halogens is 2. The molecule has 1 aromatic carbocycles. The van der Waals surface area contributed by atoms with Crippen LogP contribution in [0.15, 0.2) is 12.1 Å². The third-order valence-electron chi connectivity index (χ3n) is 3.25. The summed E-state index contributed by atoms with van der Waals surface area (Å²) in [6.45, 7) is 1.53. The molecule has 1 aliphatic heterocycles. The first-order chi connectivity index (χ1) is 9.24. The van der Waals surface area contributed by atoms with Crippen LogP contribution in [0.2, 0.25) is 5.02 Å². The van der Waals surface area contributed by atoms with Gasteiger partial charge in [0.1, 0.15) is 11.0 Å². The standard InChI is InChI=1S/C12H13ClFNO4S/c1-7-3-11(19-2)9(13)5-10(7)15-6-8(4-12(15)16)20(14,17)18/h3,5,8H,4,6H2,1-2H3. The van der Waals surface area contributed by atoms with Crippen molar-refractivity contribution in [2.45, 2.75) is 18.6 Å². The Hall–Kier alpha value is -1.34. The lowest BCUT2D eigenvalue weighted by Gasteiger charge is -2.20. The largest absolute Gasteiger partial charge is 0.495 e. The summed E-state index contributed by atoms with van der Waals surface area (Å²) in [5, 5.41) is -1.03. The van der Waals surface area contributed by atoms with Crippen LogP contribution in [-0.2, 0) is 15.0 Å². The number of ether oxygens (including phenoxy) is 1. The third-order valence-corrected chi connectivity index (χ3v) is 4.66. The highest BCUT2D eigenvalue weighted by molar-refractivity contribution is 7.87. The van der Waals surface area contributed by atoms with E-state index >= 15 is 0 Å². The maximum Gasteiger partial charge on any atom is 0.307 e. The quantitative estimate of drug-likeness (QED) is 0.799. The van der Waals surface area contributed by atoms with Crippen molar-refractivity contribution in [1.29, 1.82) is 0 Å². The Morgan fingerprint density at radius 2 is 2.10 bits per heavy atom. The molecule has 110 valence electrons. The van der Waals surface area contributed by atoms with Gasteiger partial charge >= 0.3 is 10.2 Å². The van der Waals surface area contributed by atoms with E-state index < -0.39 is 21.4 Å². The predicted molar refractivity (Wildman–Crippen MR) is 73.5 cm³/mol. The van der Waals surface area contributed by atoms with E-state index in [1.54, 1.807) is 13.0 Å². The molecule has 0 saturated carbocycles. The van der Waals surface area contributed by atoms with Crippen LogP contribution in [0.25, 0.3) is 0 Å². The minimum Gasteiger partial charge on any atom is -0.495 e. The van der Waals surface area contributed by atoms with Gasteiger partial charge in [0.25, 0.3) is 0 Å². The molecule has 1 heterocycles. The number of nitrogens with zero attached hydrogens (tertiary/aromatic N) is 1. The number of methoxy groups -OCH3 is 1. The van der Waals surface area contributed by atoms with Gasteiger partial charge in [0.2, 0.25) is 5.91 Å². The lowest BCUT2D eigenvalue weighted by Crippen LogP contribution is -2.27. The second-order valence-electron chi connectivity index (χ2n) is 4.58. The molecule has 0 aliphatic carbocycles. The van der Waals surface area contributed by atoms with Gasteiger partial charge in [-0.05, 0) is 24.6 Å². The van der Waals surface area contributed by atoms with Gasteiger partial charge in [-0.2, -0.15) is 8.42 Å². The van der Waals surface area contributed by atoms with Crippen LogP contribution in [0.4, 0.5) is 9.57 Å². The van der Waals surface area contributed by atoms with Crippen molar-refractivity contribution in [3.05, 3.63) is 22.7 Å². The fourth-order valence-electron chi connectivity index (χ4n) is 2.19. The van der Waals surface area contributed by atoms with Gasteiger partial charge in [-0.25, -0.2) is 0 Å². The summed E-state index contributed by atoms with van der Waals surface area (Å²) >= 11 is 6.00. The first-order valence-corrected chi connectivity index (χ1v) is 7.64. The molecule has 1 fully saturated rings. The topological polar surface area (TPSA) is 63.7 Å². The normalized spacial score (nSPS) is 19.5. The van der Waals surface area contributed by atoms with Gasteiger partial charge in [-0.15, -0.1) is 3.89 Å². The summed E-state index contributed by atoms with van der Waals surface area (Å²) in [6.07, 6.45) is -0.359. The molecule has 0 spiro atoms. The second kappa shape index (κ2) is 5.21.